The van der Waals surface area contributed by atoms with Crippen molar-refractivity contribution in [1.29, 1.82) is 0 Å². The molecule has 7 nitrogen and oxygen atoms in total. The highest BCUT2D eigenvalue weighted by atomic mass is 127. The average Bonchev–Trinajstić information content (AvgIpc) is 2.75. The minimum Gasteiger partial charge on any atom is -0.368 e. The van der Waals surface area contributed by atoms with E-state index in [1.807, 2.05) is 25.1 Å². The van der Waals surface area contributed by atoms with Crippen molar-refractivity contribution in [3.63, 3.8) is 0 Å². The van der Waals surface area contributed by atoms with E-state index in [0.717, 1.165) is 44.2 Å². The number of piperazine rings is 1. The van der Waals surface area contributed by atoms with Gasteiger partial charge in [0.05, 0.1) is 6.54 Å². The van der Waals surface area contributed by atoms with Crippen molar-refractivity contribution in [3.05, 3.63) is 54.2 Å². The van der Waals surface area contributed by atoms with Crippen LogP contribution in [-0.4, -0.2) is 61.0 Å². The Morgan fingerprint density at radius 2 is 1.83 bits per heavy atom. The molecule has 0 spiro atoms. The number of hydrogen-bond donors (Lipinski definition) is 2. The van der Waals surface area contributed by atoms with Gasteiger partial charge in [0, 0.05) is 51.0 Å². The fraction of sp³-hybridized carbons (Fsp3) is 0.409. The summed E-state index contributed by atoms with van der Waals surface area (Å²) in [6.45, 7) is 8.99. The van der Waals surface area contributed by atoms with Crippen LogP contribution < -0.4 is 15.5 Å². The van der Waals surface area contributed by atoms with Crippen molar-refractivity contribution in [2.24, 2.45) is 4.99 Å². The number of nitrogens with zero attached hydrogens (tertiary/aromatic N) is 4. The smallest absolute Gasteiger partial charge is 0.227 e. The number of hydrogen-bond acceptors (Lipinski definition) is 4. The van der Waals surface area contributed by atoms with Crippen LogP contribution >= 0.6 is 24.0 Å². The van der Waals surface area contributed by atoms with E-state index in [4.69, 9.17) is 0 Å². The first kappa shape index (κ1) is 23.9. The first-order chi connectivity index (χ1) is 14.2. The van der Waals surface area contributed by atoms with E-state index in [0.29, 0.717) is 18.8 Å². The van der Waals surface area contributed by atoms with Gasteiger partial charge in [-0.05, 0) is 37.6 Å². The Labute approximate surface area is 196 Å². The molecule has 1 aliphatic heterocycles. The molecule has 8 heteroatoms. The summed E-state index contributed by atoms with van der Waals surface area (Å²) in [7, 11) is 0. The second kappa shape index (κ2) is 12.4. The molecule has 0 bridgehead atoms. The van der Waals surface area contributed by atoms with Gasteiger partial charge in [-0.3, -0.25) is 9.79 Å². The van der Waals surface area contributed by atoms with Crippen molar-refractivity contribution in [2.75, 3.05) is 49.5 Å². The first-order valence-corrected chi connectivity index (χ1v) is 10.2. The normalized spacial score (nSPS) is 14.1. The summed E-state index contributed by atoms with van der Waals surface area (Å²) in [5.41, 5.74) is 2.32. The summed E-state index contributed by atoms with van der Waals surface area (Å²) in [6, 6.07) is 14.2. The quantitative estimate of drug-likeness (QED) is 0.347. The summed E-state index contributed by atoms with van der Waals surface area (Å²) in [5, 5.41) is 6.17. The summed E-state index contributed by atoms with van der Waals surface area (Å²) in [4.78, 5) is 25.7. The molecule has 1 aromatic carbocycles. The van der Waals surface area contributed by atoms with Gasteiger partial charge >= 0.3 is 0 Å². The van der Waals surface area contributed by atoms with Gasteiger partial charge in [0.25, 0.3) is 0 Å². The zero-order valence-corrected chi connectivity index (χ0v) is 20.0. The monoisotopic (exact) mass is 522 g/mol. The van der Waals surface area contributed by atoms with E-state index in [1.165, 1.54) is 5.69 Å². The van der Waals surface area contributed by atoms with Crippen LogP contribution in [0.2, 0.25) is 0 Å². The molecule has 1 aromatic heterocycles. The first-order valence-electron chi connectivity index (χ1n) is 10.2. The van der Waals surface area contributed by atoms with E-state index in [2.05, 4.69) is 61.6 Å². The molecule has 2 N–H and O–H groups in total. The van der Waals surface area contributed by atoms with Gasteiger partial charge in [-0.15, -0.1) is 24.0 Å². The number of aromatic nitrogens is 1. The molecule has 0 radical (unpaired) electrons. The van der Waals surface area contributed by atoms with Crippen LogP contribution in [0.15, 0.2) is 53.7 Å². The highest BCUT2D eigenvalue weighted by molar-refractivity contribution is 14.0. The van der Waals surface area contributed by atoms with Crippen molar-refractivity contribution >= 4 is 47.3 Å². The Morgan fingerprint density at radius 1 is 1.10 bits per heavy atom. The Hall–Kier alpha value is -2.36. The zero-order chi connectivity index (χ0) is 20.5. The van der Waals surface area contributed by atoms with Gasteiger partial charge in [-0.2, -0.15) is 0 Å². The third kappa shape index (κ3) is 7.16. The van der Waals surface area contributed by atoms with E-state index in [-0.39, 0.29) is 29.9 Å². The van der Waals surface area contributed by atoms with Gasteiger partial charge in [-0.25, -0.2) is 4.98 Å². The van der Waals surface area contributed by atoms with E-state index in [1.54, 1.807) is 6.20 Å². The van der Waals surface area contributed by atoms with Crippen molar-refractivity contribution in [3.8, 4) is 0 Å². The number of guanidine groups is 1. The standard InChI is InChI=1S/C22H30N6O.HI/c1-3-23-22(24-12-11-21(29)26-20-10-9-18(2)17-25-20)28-15-13-27(14-16-28)19-7-5-4-6-8-19;/h4-10,17H,3,11-16H2,1-2H3,(H,23,24)(H,25,26,29);1H. The molecule has 1 aliphatic rings. The SMILES string of the molecule is CCNC(=NCCC(=O)Nc1ccc(C)cn1)N1CCN(c2ccccc2)CC1.I. The number of halogens is 1. The second-order valence-corrected chi connectivity index (χ2v) is 7.06. The number of anilines is 2. The van der Waals surface area contributed by atoms with Crippen molar-refractivity contribution < 1.29 is 4.79 Å². The van der Waals surface area contributed by atoms with Gasteiger partial charge < -0.3 is 20.4 Å². The van der Waals surface area contributed by atoms with Crippen LogP contribution in [0.1, 0.15) is 18.9 Å². The summed E-state index contributed by atoms with van der Waals surface area (Å²) < 4.78 is 0. The fourth-order valence-electron chi connectivity index (χ4n) is 3.25. The molecule has 2 heterocycles. The largest absolute Gasteiger partial charge is 0.368 e. The predicted octanol–water partition coefficient (Wildman–Crippen LogP) is 3.12. The highest BCUT2D eigenvalue weighted by Gasteiger charge is 2.19. The Bertz CT molecular complexity index is 804. The number of carbonyl (C=O) groups is 1. The molecular weight excluding hydrogens is 491 g/mol. The van der Waals surface area contributed by atoms with Crippen LogP contribution in [0.3, 0.4) is 0 Å². The highest BCUT2D eigenvalue weighted by Crippen LogP contribution is 2.15. The molecule has 0 saturated carbocycles. The molecule has 1 saturated heterocycles. The lowest BCUT2D eigenvalue weighted by atomic mass is 10.2. The number of aryl methyl sites for hydroxylation is 1. The minimum atomic E-state index is -0.0742. The van der Waals surface area contributed by atoms with Crippen LogP contribution in [0.25, 0.3) is 0 Å². The minimum absolute atomic E-state index is 0. The molecule has 2 aromatic rings. The predicted molar refractivity (Wildman–Crippen MR) is 134 cm³/mol. The Morgan fingerprint density at radius 3 is 2.47 bits per heavy atom. The van der Waals surface area contributed by atoms with Gasteiger partial charge in [0.1, 0.15) is 5.82 Å². The maximum absolute atomic E-state index is 12.2. The topological polar surface area (TPSA) is 72.9 Å². The van der Waals surface area contributed by atoms with Crippen molar-refractivity contribution in [2.45, 2.75) is 20.3 Å². The molecule has 3 rings (SSSR count). The number of pyridine rings is 1. The van der Waals surface area contributed by atoms with Gasteiger partial charge in [0.2, 0.25) is 5.91 Å². The van der Waals surface area contributed by atoms with Gasteiger partial charge in [0.15, 0.2) is 5.96 Å². The Kier molecular flexibility index (Phi) is 9.85. The maximum Gasteiger partial charge on any atom is 0.227 e. The molecule has 0 atom stereocenters. The molecule has 30 heavy (non-hydrogen) atoms. The Balaban J connectivity index is 0.00000320. The number of benzene rings is 1. The molecule has 162 valence electrons. The second-order valence-electron chi connectivity index (χ2n) is 7.06. The third-order valence-corrected chi connectivity index (χ3v) is 4.81. The lowest BCUT2D eigenvalue weighted by Gasteiger charge is -2.37. The van der Waals surface area contributed by atoms with E-state index >= 15 is 0 Å². The zero-order valence-electron chi connectivity index (χ0n) is 17.7. The van der Waals surface area contributed by atoms with Crippen LogP contribution in [0.5, 0.6) is 0 Å². The molecule has 0 aliphatic carbocycles. The van der Waals surface area contributed by atoms with Crippen LogP contribution in [0, 0.1) is 6.92 Å². The molecule has 1 fully saturated rings. The van der Waals surface area contributed by atoms with Crippen LogP contribution in [-0.2, 0) is 4.79 Å². The summed E-state index contributed by atoms with van der Waals surface area (Å²) in [5.74, 6) is 1.38. The number of nitrogens with one attached hydrogen (secondary N) is 2. The molecule has 1 amide bonds. The number of amides is 1. The number of para-hydroxylation sites is 1. The lowest BCUT2D eigenvalue weighted by Crippen LogP contribution is -2.52. The number of carbonyl (C=O) groups excluding carboxylic acids is 1. The number of rotatable bonds is 6. The van der Waals surface area contributed by atoms with Crippen molar-refractivity contribution in [1.82, 2.24) is 15.2 Å². The average molecular weight is 522 g/mol. The molecular formula is C22H31IN6O. The summed E-state index contributed by atoms with van der Waals surface area (Å²) in [6.07, 6.45) is 2.07. The third-order valence-electron chi connectivity index (χ3n) is 4.81. The van der Waals surface area contributed by atoms with Gasteiger partial charge in [-0.1, -0.05) is 24.3 Å². The maximum atomic E-state index is 12.2. The van der Waals surface area contributed by atoms with E-state index in [9.17, 15) is 4.79 Å². The summed E-state index contributed by atoms with van der Waals surface area (Å²) >= 11 is 0. The lowest BCUT2D eigenvalue weighted by molar-refractivity contribution is -0.116. The van der Waals surface area contributed by atoms with Crippen LogP contribution in [0.4, 0.5) is 11.5 Å². The van der Waals surface area contributed by atoms with E-state index < -0.39 is 0 Å². The molecule has 0 unspecified atom stereocenters. The fourth-order valence-corrected chi connectivity index (χ4v) is 3.25. The number of aliphatic imine (C=N–C) groups is 1.